The lowest BCUT2D eigenvalue weighted by Crippen LogP contribution is -2.58. The zero-order valence-corrected chi connectivity index (χ0v) is 23.6. The highest BCUT2D eigenvalue weighted by Crippen LogP contribution is 2.20. The van der Waals surface area contributed by atoms with Gasteiger partial charge in [0.05, 0.1) is 13.7 Å². The molecule has 16 nitrogen and oxygen atoms in total. The molecule has 40 heavy (non-hydrogen) atoms. The Morgan fingerprint density at radius 3 is 1.60 bits per heavy atom. The van der Waals surface area contributed by atoms with Crippen LogP contribution in [-0.2, 0) is 66.8 Å². The van der Waals surface area contributed by atoms with E-state index in [0.29, 0.717) is 0 Å². The third-order valence-corrected chi connectivity index (χ3v) is 4.77. The van der Waals surface area contributed by atoms with Gasteiger partial charge in [0, 0.05) is 34.6 Å². The number of ether oxygens (including phenoxy) is 6. The van der Waals surface area contributed by atoms with Crippen LogP contribution in [0.15, 0.2) is 0 Å². The molecule has 0 radical (unpaired) electrons. The molecule has 5 atom stereocenters. The first-order valence-corrected chi connectivity index (χ1v) is 12.0. The first kappa shape index (κ1) is 35.8. The largest absolute Gasteiger partial charge is 0.467 e. The molecule has 0 aliphatic rings. The van der Waals surface area contributed by atoms with Gasteiger partial charge in [-0.15, -0.1) is 0 Å². The Kier molecular flexibility index (Phi) is 15.5. The number of amides is 2. The quantitative estimate of drug-likeness (QED) is 0.171. The summed E-state index contributed by atoms with van der Waals surface area (Å²) in [5, 5.41) is 4.56. The van der Waals surface area contributed by atoms with Crippen molar-refractivity contribution in [2.24, 2.45) is 5.92 Å². The molecule has 2 amide bonds. The molecule has 226 valence electrons. The van der Waals surface area contributed by atoms with E-state index in [1.165, 1.54) is 0 Å². The second-order valence-corrected chi connectivity index (χ2v) is 8.66. The van der Waals surface area contributed by atoms with Crippen molar-refractivity contribution in [2.45, 2.75) is 78.9 Å². The number of hydrogen-bond acceptors (Lipinski definition) is 14. The molecule has 0 unspecified atom stereocenters. The summed E-state index contributed by atoms with van der Waals surface area (Å²) in [7, 11) is 1.13. The van der Waals surface area contributed by atoms with Gasteiger partial charge >= 0.3 is 35.8 Å². The van der Waals surface area contributed by atoms with Crippen molar-refractivity contribution >= 4 is 47.6 Å². The van der Waals surface area contributed by atoms with E-state index in [0.717, 1.165) is 41.7 Å². The molecule has 0 aromatic heterocycles. The summed E-state index contributed by atoms with van der Waals surface area (Å²) in [5.74, 6) is -7.92. The van der Waals surface area contributed by atoms with Crippen LogP contribution >= 0.6 is 0 Å². The molecule has 0 rings (SSSR count). The van der Waals surface area contributed by atoms with Gasteiger partial charge in [0.1, 0.15) is 12.6 Å². The van der Waals surface area contributed by atoms with Gasteiger partial charge in [0.2, 0.25) is 12.0 Å². The van der Waals surface area contributed by atoms with Crippen LogP contribution in [-0.4, -0.2) is 98.3 Å². The van der Waals surface area contributed by atoms with Gasteiger partial charge in [-0.2, -0.15) is 0 Å². The molecule has 16 heteroatoms. The molecule has 0 saturated heterocycles. The summed E-state index contributed by atoms with van der Waals surface area (Å²) >= 11 is 0. The van der Waals surface area contributed by atoms with E-state index in [4.69, 9.17) is 23.7 Å². The molecule has 2 N–H and O–H groups in total. The minimum Gasteiger partial charge on any atom is -0.467 e. The van der Waals surface area contributed by atoms with E-state index in [-0.39, 0.29) is 5.92 Å². The number of carbonyl (C=O) groups is 8. The molecular formula is C24H36N2O14. The minimum atomic E-state index is -2.06. The number of nitrogens with one attached hydrogen (secondary N) is 2. The second-order valence-electron chi connectivity index (χ2n) is 8.66. The summed E-state index contributed by atoms with van der Waals surface area (Å²) in [6, 6.07) is -1.04. The van der Waals surface area contributed by atoms with Crippen molar-refractivity contribution in [3.8, 4) is 0 Å². The van der Waals surface area contributed by atoms with Gasteiger partial charge in [-0.05, 0) is 5.92 Å². The van der Waals surface area contributed by atoms with Crippen LogP contribution in [0.4, 0.5) is 0 Å². The Morgan fingerprint density at radius 1 is 0.675 bits per heavy atom. The highest BCUT2D eigenvalue weighted by Gasteiger charge is 2.47. The average Bonchev–Trinajstić information content (AvgIpc) is 2.82. The zero-order chi connectivity index (χ0) is 31.2. The Labute approximate surface area is 230 Å². The maximum absolute atomic E-state index is 13.1. The SMILES string of the molecule is COC(=O)[C@@H](NC(=O)CNC(=O)[C@H](OC(C)=O)[C@@H](OC(C)=O)[C@H](OC(C)=O)[C@@H](COC(C)=O)OC(C)=O)C(C)C. The smallest absolute Gasteiger partial charge is 0.328 e. The Balaban J connectivity index is 6.32. The Bertz CT molecular complexity index is 963. The van der Waals surface area contributed by atoms with E-state index in [1.54, 1.807) is 13.8 Å². The van der Waals surface area contributed by atoms with Crippen LogP contribution in [0.3, 0.4) is 0 Å². The van der Waals surface area contributed by atoms with E-state index < -0.39 is 91.2 Å². The van der Waals surface area contributed by atoms with Gasteiger partial charge in [-0.3, -0.25) is 33.6 Å². The summed E-state index contributed by atoms with van der Waals surface area (Å²) in [5.41, 5.74) is 0. The van der Waals surface area contributed by atoms with Crippen molar-refractivity contribution in [3.63, 3.8) is 0 Å². The van der Waals surface area contributed by atoms with E-state index >= 15 is 0 Å². The van der Waals surface area contributed by atoms with Gasteiger partial charge in [0.15, 0.2) is 18.3 Å². The molecular weight excluding hydrogens is 540 g/mol. The second kappa shape index (κ2) is 17.4. The molecule has 0 bridgehead atoms. The van der Waals surface area contributed by atoms with Crippen molar-refractivity contribution in [2.75, 3.05) is 20.3 Å². The fourth-order valence-corrected chi connectivity index (χ4v) is 3.21. The normalized spacial score (nSPS) is 14.2. The molecule has 0 aliphatic carbocycles. The molecule has 0 fully saturated rings. The van der Waals surface area contributed by atoms with Crippen LogP contribution in [0, 0.1) is 5.92 Å². The Morgan fingerprint density at radius 2 is 1.18 bits per heavy atom. The summed E-state index contributed by atoms with van der Waals surface area (Å²) in [4.78, 5) is 96.4. The highest BCUT2D eigenvalue weighted by molar-refractivity contribution is 5.90. The van der Waals surface area contributed by atoms with Crippen molar-refractivity contribution < 1.29 is 66.8 Å². The first-order valence-electron chi connectivity index (χ1n) is 12.0. The molecule has 0 aromatic carbocycles. The van der Waals surface area contributed by atoms with Crippen LogP contribution in [0.5, 0.6) is 0 Å². The highest BCUT2D eigenvalue weighted by atomic mass is 16.6. The van der Waals surface area contributed by atoms with Crippen LogP contribution < -0.4 is 10.6 Å². The Hall–Kier alpha value is -4.24. The number of rotatable bonds is 15. The fourth-order valence-electron chi connectivity index (χ4n) is 3.21. The molecule has 0 aliphatic heterocycles. The summed E-state index contributed by atoms with van der Waals surface area (Å²) in [6.07, 6.45) is -7.48. The predicted octanol–water partition coefficient (Wildman–Crippen LogP) is -1.29. The first-order chi connectivity index (χ1) is 18.5. The third kappa shape index (κ3) is 13.5. The van der Waals surface area contributed by atoms with Gasteiger partial charge < -0.3 is 39.1 Å². The van der Waals surface area contributed by atoms with E-state index in [1.807, 2.05) is 0 Å². The predicted molar refractivity (Wildman–Crippen MR) is 131 cm³/mol. The van der Waals surface area contributed by atoms with E-state index in [9.17, 15) is 38.4 Å². The van der Waals surface area contributed by atoms with Crippen molar-refractivity contribution in [1.29, 1.82) is 0 Å². The molecule has 0 spiro atoms. The van der Waals surface area contributed by atoms with Crippen LogP contribution in [0.1, 0.15) is 48.5 Å². The maximum Gasteiger partial charge on any atom is 0.328 e. The standard InChI is InChI=1S/C24H36N2O14/c1-11(2)19(24(34)35-8)26-18(32)9-25-23(33)22(40-16(7)31)21(39-15(6)30)20(38-14(5)29)17(37-13(4)28)10-36-12(3)27/h11,17,19-22H,9-10H2,1-8H3,(H,25,33)(H,26,32)/t17-,19+,20-,21+,22-/m1/s1. The average molecular weight is 577 g/mol. The van der Waals surface area contributed by atoms with Crippen molar-refractivity contribution in [3.05, 3.63) is 0 Å². The zero-order valence-electron chi connectivity index (χ0n) is 23.6. The molecule has 0 aromatic rings. The van der Waals surface area contributed by atoms with Crippen LogP contribution in [0.25, 0.3) is 0 Å². The number of esters is 6. The summed E-state index contributed by atoms with van der Waals surface area (Å²) in [6.45, 7) is 6.68. The van der Waals surface area contributed by atoms with Gasteiger partial charge in [0.25, 0.3) is 5.91 Å². The third-order valence-electron chi connectivity index (χ3n) is 4.77. The molecule has 0 saturated carbocycles. The molecule has 0 heterocycles. The van der Waals surface area contributed by atoms with Crippen molar-refractivity contribution in [1.82, 2.24) is 10.6 Å². The minimum absolute atomic E-state index is 0.367. The fraction of sp³-hybridized carbons (Fsp3) is 0.667. The lowest BCUT2D eigenvalue weighted by molar-refractivity contribution is -0.203. The number of hydrogen-bond donors (Lipinski definition) is 2. The van der Waals surface area contributed by atoms with E-state index in [2.05, 4.69) is 15.4 Å². The van der Waals surface area contributed by atoms with Gasteiger partial charge in [-0.25, -0.2) is 4.79 Å². The summed E-state index contributed by atoms with van der Waals surface area (Å²) < 4.78 is 30.0. The maximum atomic E-state index is 13.1. The number of methoxy groups -OCH3 is 1. The monoisotopic (exact) mass is 576 g/mol. The topological polar surface area (TPSA) is 216 Å². The number of carbonyl (C=O) groups excluding carboxylic acids is 8. The van der Waals surface area contributed by atoms with Crippen LogP contribution in [0.2, 0.25) is 0 Å². The lowest BCUT2D eigenvalue weighted by atomic mass is 10.0. The van der Waals surface area contributed by atoms with Gasteiger partial charge in [-0.1, -0.05) is 13.8 Å². The lowest BCUT2D eigenvalue weighted by Gasteiger charge is -2.34.